The lowest BCUT2D eigenvalue weighted by Gasteiger charge is -2.34. The van der Waals surface area contributed by atoms with Crippen molar-refractivity contribution in [3.63, 3.8) is 0 Å². The van der Waals surface area contributed by atoms with E-state index in [1.165, 1.54) is 12.0 Å². The van der Waals surface area contributed by atoms with Gasteiger partial charge in [0.15, 0.2) is 0 Å². The Labute approximate surface area is 153 Å². The maximum atomic E-state index is 8.99. The third-order valence-corrected chi connectivity index (χ3v) is 5.52. The van der Waals surface area contributed by atoms with E-state index in [1.807, 2.05) is 0 Å². The van der Waals surface area contributed by atoms with Gasteiger partial charge in [0.05, 0.1) is 13.2 Å². The van der Waals surface area contributed by atoms with Crippen molar-refractivity contribution < 1.29 is 9.84 Å². The van der Waals surface area contributed by atoms with Crippen LogP contribution in [0.5, 0.6) is 5.75 Å². The number of benzene rings is 1. The molecule has 0 unspecified atom stereocenters. The summed E-state index contributed by atoms with van der Waals surface area (Å²) in [4.78, 5) is 4.86. The number of rotatable bonds is 10. The first-order valence-electron chi connectivity index (χ1n) is 9.84. The number of piperazine rings is 1. The maximum absolute atomic E-state index is 8.99. The van der Waals surface area contributed by atoms with E-state index in [2.05, 4.69) is 54.8 Å². The first kappa shape index (κ1) is 20.2. The standard InChI is InChI=1S/C21H36N2O2/c1-4-21(2,3)19-8-7-9-20(18-19)25-17-6-5-10-22-11-13-23(14-12-22)15-16-24/h7-9,18,24H,4-6,10-17H2,1-3H3. The second-order valence-electron chi connectivity index (χ2n) is 7.73. The number of unbranched alkanes of at least 4 members (excludes halogenated alkanes) is 1. The topological polar surface area (TPSA) is 35.9 Å². The van der Waals surface area contributed by atoms with E-state index in [9.17, 15) is 0 Å². The average Bonchev–Trinajstić information content (AvgIpc) is 2.63. The molecule has 1 heterocycles. The highest BCUT2D eigenvalue weighted by molar-refractivity contribution is 5.33. The molecule has 25 heavy (non-hydrogen) atoms. The van der Waals surface area contributed by atoms with Crippen LogP contribution in [0.25, 0.3) is 0 Å². The molecule has 0 bridgehead atoms. The summed E-state index contributed by atoms with van der Waals surface area (Å²) >= 11 is 0. The molecule has 0 amide bonds. The molecule has 1 fully saturated rings. The van der Waals surface area contributed by atoms with E-state index in [1.54, 1.807) is 0 Å². The van der Waals surface area contributed by atoms with Crippen molar-refractivity contribution in [3.8, 4) is 5.75 Å². The van der Waals surface area contributed by atoms with Gasteiger partial charge in [-0.25, -0.2) is 0 Å². The fourth-order valence-corrected chi connectivity index (χ4v) is 3.22. The first-order valence-corrected chi connectivity index (χ1v) is 9.84. The van der Waals surface area contributed by atoms with Crippen LogP contribution in [0.1, 0.15) is 45.6 Å². The number of nitrogens with zero attached hydrogens (tertiary/aromatic N) is 2. The molecule has 0 atom stereocenters. The van der Waals surface area contributed by atoms with E-state index < -0.39 is 0 Å². The molecular formula is C21H36N2O2. The van der Waals surface area contributed by atoms with Gasteiger partial charge >= 0.3 is 0 Å². The van der Waals surface area contributed by atoms with Crippen LogP contribution in [0.15, 0.2) is 24.3 Å². The minimum absolute atomic E-state index is 0.206. The van der Waals surface area contributed by atoms with E-state index in [4.69, 9.17) is 9.84 Å². The van der Waals surface area contributed by atoms with Gasteiger partial charge in [0.25, 0.3) is 0 Å². The van der Waals surface area contributed by atoms with Crippen molar-refractivity contribution in [1.82, 2.24) is 9.80 Å². The molecule has 0 saturated carbocycles. The summed E-state index contributed by atoms with van der Waals surface area (Å²) in [6, 6.07) is 8.57. The van der Waals surface area contributed by atoms with Crippen molar-refractivity contribution in [2.24, 2.45) is 0 Å². The largest absolute Gasteiger partial charge is 0.494 e. The molecule has 1 aliphatic rings. The van der Waals surface area contributed by atoms with Crippen LogP contribution in [0.2, 0.25) is 0 Å². The van der Waals surface area contributed by atoms with Gasteiger partial charge in [-0.2, -0.15) is 0 Å². The van der Waals surface area contributed by atoms with Gasteiger partial charge in [0.1, 0.15) is 5.75 Å². The van der Waals surface area contributed by atoms with Crippen LogP contribution in [-0.4, -0.2) is 67.4 Å². The Morgan fingerprint density at radius 1 is 1.04 bits per heavy atom. The summed E-state index contributed by atoms with van der Waals surface area (Å²) in [7, 11) is 0. The number of ether oxygens (including phenoxy) is 1. The van der Waals surface area contributed by atoms with Crippen molar-refractivity contribution in [2.75, 3.05) is 52.5 Å². The van der Waals surface area contributed by atoms with E-state index in [-0.39, 0.29) is 12.0 Å². The van der Waals surface area contributed by atoms with Gasteiger partial charge in [-0.15, -0.1) is 0 Å². The predicted molar refractivity (Wildman–Crippen MR) is 104 cm³/mol. The Hall–Kier alpha value is -1.10. The highest BCUT2D eigenvalue weighted by Crippen LogP contribution is 2.29. The monoisotopic (exact) mass is 348 g/mol. The molecule has 1 saturated heterocycles. The number of aliphatic hydroxyl groups is 1. The average molecular weight is 349 g/mol. The molecule has 0 aromatic heterocycles. The Morgan fingerprint density at radius 2 is 1.72 bits per heavy atom. The van der Waals surface area contributed by atoms with E-state index in [0.717, 1.165) is 64.5 Å². The third kappa shape index (κ3) is 6.61. The summed E-state index contributed by atoms with van der Waals surface area (Å²) in [5.41, 5.74) is 1.56. The zero-order valence-corrected chi connectivity index (χ0v) is 16.3. The fourth-order valence-electron chi connectivity index (χ4n) is 3.22. The summed E-state index contributed by atoms with van der Waals surface area (Å²) in [5, 5.41) is 8.99. The minimum Gasteiger partial charge on any atom is -0.494 e. The normalized spacial score (nSPS) is 17.0. The summed E-state index contributed by atoms with van der Waals surface area (Å²) < 4.78 is 5.97. The summed E-state index contributed by atoms with van der Waals surface area (Å²) in [6.45, 7) is 14.2. The Bertz CT molecular complexity index is 496. The summed E-state index contributed by atoms with van der Waals surface area (Å²) in [6.07, 6.45) is 3.40. The second kappa shape index (κ2) is 10.1. The molecule has 4 nitrogen and oxygen atoms in total. The molecule has 0 aliphatic carbocycles. The molecule has 1 aromatic carbocycles. The number of β-amino-alcohol motifs (C(OH)–C–C–N with tert-alkyl or cyclic N) is 1. The second-order valence-corrected chi connectivity index (χ2v) is 7.73. The maximum Gasteiger partial charge on any atom is 0.119 e. The van der Waals surface area contributed by atoms with Gasteiger partial charge in [-0.05, 0) is 48.9 Å². The van der Waals surface area contributed by atoms with Crippen molar-refractivity contribution in [3.05, 3.63) is 29.8 Å². The molecule has 1 aromatic rings. The van der Waals surface area contributed by atoms with Crippen LogP contribution in [0.4, 0.5) is 0 Å². The van der Waals surface area contributed by atoms with Crippen LogP contribution in [0.3, 0.4) is 0 Å². The quantitative estimate of drug-likeness (QED) is 0.659. The molecular weight excluding hydrogens is 312 g/mol. The van der Waals surface area contributed by atoms with E-state index >= 15 is 0 Å². The lowest BCUT2D eigenvalue weighted by molar-refractivity contribution is 0.110. The SMILES string of the molecule is CCC(C)(C)c1cccc(OCCCCN2CCN(CCO)CC2)c1. The van der Waals surface area contributed by atoms with Crippen LogP contribution >= 0.6 is 0 Å². The molecule has 2 rings (SSSR count). The van der Waals surface area contributed by atoms with Crippen molar-refractivity contribution in [2.45, 2.75) is 45.4 Å². The number of hydrogen-bond acceptors (Lipinski definition) is 4. The molecule has 0 radical (unpaired) electrons. The lowest BCUT2D eigenvalue weighted by Crippen LogP contribution is -2.47. The Morgan fingerprint density at radius 3 is 2.36 bits per heavy atom. The van der Waals surface area contributed by atoms with E-state index in [0.29, 0.717) is 0 Å². The highest BCUT2D eigenvalue weighted by Gasteiger charge is 2.18. The zero-order chi connectivity index (χ0) is 18.1. The lowest BCUT2D eigenvalue weighted by atomic mass is 9.82. The number of aliphatic hydroxyl groups excluding tert-OH is 1. The van der Waals surface area contributed by atoms with Gasteiger partial charge in [-0.3, -0.25) is 4.90 Å². The van der Waals surface area contributed by atoms with Crippen LogP contribution in [-0.2, 0) is 5.41 Å². The van der Waals surface area contributed by atoms with Gasteiger partial charge in [0.2, 0.25) is 0 Å². The molecule has 1 aliphatic heterocycles. The fraction of sp³-hybridized carbons (Fsp3) is 0.714. The van der Waals surface area contributed by atoms with Crippen LogP contribution in [0, 0.1) is 0 Å². The molecule has 0 spiro atoms. The first-order chi connectivity index (χ1) is 12.0. The smallest absolute Gasteiger partial charge is 0.119 e. The summed E-state index contributed by atoms with van der Waals surface area (Å²) in [5.74, 6) is 0.997. The minimum atomic E-state index is 0.206. The van der Waals surface area contributed by atoms with Gasteiger partial charge in [-0.1, -0.05) is 32.9 Å². The zero-order valence-electron chi connectivity index (χ0n) is 16.3. The third-order valence-electron chi connectivity index (χ3n) is 5.52. The van der Waals surface area contributed by atoms with Crippen LogP contribution < -0.4 is 4.74 Å². The van der Waals surface area contributed by atoms with Gasteiger partial charge in [0, 0.05) is 32.7 Å². The van der Waals surface area contributed by atoms with Crippen molar-refractivity contribution >= 4 is 0 Å². The number of hydrogen-bond donors (Lipinski definition) is 1. The van der Waals surface area contributed by atoms with Crippen molar-refractivity contribution in [1.29, 1.82) is 0 Å². The highest BCUT2D eigenvalue weighted by atomic mass is 16.5. The van der Waals surface area contributed by atoms with Gasteiger partial charge < -0.3 is 14.7 Å². The predicted octanol–water partition coefficient (Wildman–Crippen LogP) is 3.14. The molecule has 142 valence electrons. The molecule has 1 N–H and O–H groups in total. The Balaban J connectivity index is 1.63. The Kier molecular flexibility index (Phi) is 8.20. The molecule has 4 heteroatoms.